The van der Waals surface area contributed by atoms with Gasteiger partial charge in [-0.3, -0.25) is 4.79 Å². The molecule has 0 unspecified atom stereocenters. The summed E-state index contributed by atoms with van der Waals surface area (Å²) in [5.74, 6) is 0.515. The van der Waals surface area contributed by atoms with E-state index in [1.807, 2.05) is 22.9 Å². The van der Waals surface area contributed by atoms with Gasteiger partial charge in [0.15, 0.2) is 0 Å². The Bertz CT molecular complexity index is 464. The lowest BCUT2D eigenvalue weighted by Crippen LogP contribution is -2.32. The zero-order chi connectivity index (χ0) is 13.8. The topological polar surface area (TPSA) is 31.2 Å². The van der Waals surface area contributed by atoms with E-state index in [2.05, 4.69) is 13.8 Å². The van der Waals surface area contributed by atoms with E-state index in [1.165, 1.54) is 0 Å². The molecule has 1 fully saturated rings. The zero-order valence-electron chi connectivity index (χ0n) is 12.3. The summed E-state index contributed by atoms with van der Waals surface area (Å²) in [5.41, 5.74) is 1.13. The average molecular weight is 263 g/mol. The van der Waals surface area contributed by atoms with E-state index >= 15 is 0 Å². The highest BCUT2D eigenvalue weighted by Gasteiger charge is 2.23. The van der Waals surface area contributed by atoms with Crippen molar-refractivity contribution in [2.75, 3.05) is 7.11 Å². The molecule has 1 aromatic rings. The summed E-state index contributed by atoms with van der Waals surface area (Å²) in [6.07, 6.45) is 7.41. The van der Waals surface area contributed by atoms with Gasteiger partial charge >= 0.3 is 0 Å². The van der Waals surface area contributed by atoms with Crippen LogP contribution in [0.25, 0.3) is 0 Å². The lowest BCUT2D eigenvalue weighted by molar-refractivity contribution is 0.0524. The Kier molecular flexibility index (Phi) is 4.81. The third-order valence-corrected chi connectivity index (χ3v) is 4.01. The number of rotatable bonds is 4. The molecule has 0 aliphatic heterocycles. The molecular weight excluding hydrogens is 238 g/mol. The van der Waals surface area contributed by atoms with E-state index < -0.39 is 0 Å². The van der Waals surface area contributed by atoms with Crippen LogP contribution in [-0.4, -0.2) is 17.8 Å². The Labute approximate surface area is 115 Å². The van der Waals surface area contributed by atoms with Crippen molar-refractivity contribution in [2.45, 2.75) is 58.1 Å². The van der Waals surface area contributed by atoms with Crippen LogP contribution < -0.4 is 5.56 Å². The number of hydrogen-bond donors (Lipinski definition) is 0. The molecule has 2 atom stereocenters. The normalized spacial score (nSPS) is 23.8. The van der Waals surface area contributed by atoms with Gasteiger partial charge in [0.25, 0.3) is 5.56 Å². The Morgan fingerprint density at radius 1 is 1.42 bits per heavy atom. The van der Waals surface area contributed by atoms with Crippen LogP contribution in [0, 0.1) is 5.92 Å². The molecule has 1 heterocycles. The summed E-state index contributed by atoms with van der Waals surface area (Å²) < 4.78 is 7.40. The summed E-state index contributed by atoms with van der Waals surface area (Å²) in [6.45, 7) is 4.30. The van der Waals surface area contributed by atoms with Gasteiger partial charge in [0, 0.05) is 24.9 Å². The maximum absolute atomic E-state index is 12.5. The van der Waals surface area contributed by atoms with Crippen LogP contribution in [0.5, 0.6) is 0 Å². The molecule has 2 rings (SSSR count). The molecule has 1 aliphatic rings. The van der Waals surface area contributed by atoms with Gasteiger partial charge < -0.3 is 9.30 Å². The molecule has 0 N–H and O–H groups in total. The molecule has 19 heavy (non-hydrogen) atoms. The summed E-state index contributed by atoms with van der Waals surface area (Å²) in [5, 5.41) is 0. The Hall–Kier alpha value is -1.09. The van der Waals surface area contributed by atoms with Crippen LogP contribution in [0.2, 0.25) is 0 Å². The minimum Gasteiger partial charge on any atom is -0.381 e. The highest BCUT2D eigenvalue weighted by atomic mass is 16.5. The molecule has 1 saturated carbocycles. The van der Waals surface area contributed by atoms with E-state index in [0.29, 0.717) is 18.1 Å². The summed E-state index contributed by atoms with van der Waals surface area (Å²) in [6, 6.07) is 4.28. The van der Waals surface area contributed by atoms with E-state index in [9.17, 15) is 4.79 Å². The lowest BCUT2D eigenvalue weighted by Gasteiger charge is -2.29. The van der Waals surface area contributed by atoms with Gasteiger partial charge in [-0.25, -0.2) is 0 Å². The van der Waals surface area contributed by atoms with Gasteiger partial charge in [-0.1, -0.05) is 19.9 Å². The maximum Gasteiger partial charge on any atom is 0.253 e. The molecule has 3 nitrogen and oxygen atoms in total. The van der Waals surface area contributed by atoms with Crippen molar-refractivity contribution < 1.29 is 4.74 Å². The molecule has 0 amide bonds. The maximum atomic E-state index is 12.5. The molecule has 0 spiro atoms. The lowest BCUT2D eigenvalue weighted by atomic mass is 9.92. The number of ether oxygens (including phenoxy) is 1. The molecular formula is C16H25NO2. The second-order valence-corrected chi connectivity index (χ2v) is 6.02. The first-order chi connectivity index (χ1) is 9.11. The second-order valence-electron chi connectivity index (χ2n) is 6.02. The Morgan fingerprint density at radius 3 is 2.89 bits per heavy atom. The third kappa shape index (κ3) is 3.47. The highest BCUT2D eigenvalue weighted by Crippen LogP contribution is 2.28. The van der Waals surface area contributed by atoms with Crippen LogP contribution >= 0.6 is 0 Å². The largest absolute Gasteiger partial charge is 0.381 e. The summed E-state index contributed by atoms with van der Waals surface area (Å²) >= 11 is 0. The minimum atomic E-state index is 0.193. The van der Waals surface area contributed by atoms with E-state index in [4.69, 9.17) is 4.74 Å². The van der Waals surface area contributed by atoms with E-state index in [-0.39, 0.29) is 5.56 Å². The zero-order valence-corrected chi connectivity index (χ0v) is 12.3. The smallest absolute Gasteiger partial charge is 0.253 e. The minimum absolute atomic E-state index is 0.193. The van der Waals surface area contributed by atoms with Crippen LogP contribution in [0.1, 0.15) is 51.1 Å². The van der Waals surface area contributed by atoms with Crippen molar-refractivity contribution in [3.63, 3.8) is 0 Å². The van der Waals surface area contributed by atoms with Gasteiger partial charge in [0.2, 0.25) is 0 Å². The van der Waals surface area contributed by atoms with Crippen molar-refractivity contribution in [3.05, 3.63) is 34.2 Å². The van der Waals surface area contributed by atoms with E-state index in [1.54, 1.807) is 7.11 Å². The number of methoxy groups -OCH3 is 1. The van der Waals surface area contributed by atoms with Crippen molar-refractivity contribution >= 4 is 0 Å². The van der Waals surface area contributed by atoms with Crippen LogP contribution in [0.3, 0.4) is 0 Å². The monoisotopic (exact) mass is 263 g/mol. The van der Waals surface area contributed by atoms with Crippen LogP contribution in [0.15, 0.2) is 23.1 Å². The van der Waals surface area contributed by atoms with Gasteiger partial charge in [-0.2, -0.15) is 0 Å². The van der Waals surface area contributed by atoms with Crippen molar-refractivity contribution in [3.8, 4) is 0 Å². The van der Waals surface area contributed by atoms with Crippen LogP contribution in [-0.2, 0) is 11.2 Å². The van der Waals surface area contributed by atoms with Gasteiger partial charge in [0.05, 0.1) is 6.10 Å². The van der Waals surface area contributed by atoms with E-state index in [0.717, 1.165) is 37.7 Å². The molecule has 1 aromatic heterocycles. The molecule has 0 saturated heterocycles. The van der Waals surface area contributed by atoms with Crippen molar-refractivity contribution in [1.29, 1.82) is 0 Å². The first-order valence-electron chi connectivity index (χ1n) is 7.34. The fourth-order valence-electron chi connectivity index (χ4n) is 3.03. The fourth-order valence-corrected chi connectivity index (χ4v) is 3.03. The number of hydrogen-bond acceptors (Lipinski definition) is 2. The first-order valence-corrected chi connectivity index (χ1v) is 7.34. The molecule has 0 radical (unpaired) electrons. The molecule has 0 aromatic carbocycles. The molecule has 3 heteroatoms. The summed E-state index contributed by atoms with van der Waals surface area (Å²) in [4.78, 5) is 12.5. The van der Waals surface area contributed by atoms with Crippen molar-refractivity contribution in [1.82, 2.24) is 4.57 Å². The fraction of sp³-hybridized carbons (Fsp3) is 0.688. The molecule has 0 bridgehead atoms. The Balaban J connectivity index is 2.22. The standard InChI is InChI=1S/C16H25NO2/c1-12(2)10-13-6-5-9-17(16(13)18)14-7-4-8-15(11-14)19-3/h5-6,9,12,14-15H,4,7-8,10-11H2,1-3H3/t14-,15-/m1/s1. The number of pyridine rings is 1. The SMILES string of the molecule is CO[C@@H]1CCC[C@@H](n2cccc(CC(C)C)c2=O)C1. The average Bonchev–Trinajstić information content (AvgIpc) is 2.41. The van der Waals surface area contributed by atoms with Gasteiger partial charge in [0.1, 0.15) is 0 Å². The van der Waals surface area contributed by atoms with Gasteiger partial charge in [-0.05, 0) is 44.1 Å². The predicted molar refractivity (Wildman–Crippen MR) is 77.5 cm³/mol. The predicted octanol–water partition coefficient (Wildman–Crippen LogP) is 3.18. The second kappa shape index (κ2) is 6.38. The first kappa shape index (κ1) is 14.3. The number of nitrogens with zero attached hydrogens (tertiary/aromatic N) is 1. The molecule has 106 valence electrons. The number of aromatic nitrogens is 1. The quantitative estimate of drug-likeness (QED) is 0.835. The van der Waals surface area contributed by atoms with Crippen LogP contribution in [0.4, 0.5) is 0 Å². The molecule has 1 aliphatic carbocycles. The third-order valence-electron chi connectivity index (χ3n) is 4.01. The Morgan fingerprint density at radius 2 is 2.21 bits per heavy atom. The highest BCUT2D eigenvalue weighted by molar-refractivity contribution is 5.12. The van der Waals surface area contributed by atoms with Gasteiger partial charge in [-0.15, -0.1) is 0 Å². The van der Waals surface area contributed by atoms with Crippen molar-refractivity contribution in [2.24, 2.45) is 5.92 Å². The summed E-state index contributed by atoms with van der Waals surface area (Å²) in [7, 11) is 1.77.